The minimum atomic E-state index is -0.110. The van der Waals surface area contributed by atoms with E-state index in [1.807, 2.05) is 49.4 Å². The molecule has 2 aromatic heterocycles. The lowest BCUT2D eigenvalue weighted by molar-refractivity contribution is -0.116. The molecular weight excluding hydrogens is 458 g/mol. The van der Waals surface area contributed by atoms with Crippen LogP contribution in [0.2, 0.25) is 0 Å². The second-order valence-corrected chi connectivity index (χ2v) is 9.54. The monoisotopic (exact) mass is 489 g/mol. The third kappa shape index (κ3) is 5.23. The summed E-state index contributed by atoms with van der Waals surface area (Å²) in [5.41, 5.74) is 3.95. The minimum absolute atomic E-state index is 0.0307. The average Bonchev–Trinajstić information content (AvgIpc) is 3.61. The molecule has 3 unspecified atom stereocenters. The fourth-order valence-corrected chi connectivity index (χ4v) is 5.32. The highest BCUT2D eigenvalue weighted by atomic mass is 32.1. The Balaban J connectivity index is 1.38. The highest BCUT2D eigenvalue weighted by Gasteiger charge is 2.41. The summed E-state index contributed by atoms with van der Waals surface area (Å²) in [6.45, 7) is 4.13. The molecule has 2 saturated heterocycles. The maximum Gasteiger partial charge on any atom is 0.226 e. The van der Waals surface area contributed by atoms with Crippen molar-refractivity contribution in [2.75, 3.05) is 18.5 Å². The van der Waals surface area contributed by atoms with Crippen molar-refractivity contribution in [2.24, 2.45) is 0 Å². The molecule has 8 heteroatoms. The highest BCUT2D eigenvalue weighted by Crippen LogP contribution is 2.39. The second-order valence-electron chi connectivity index (χ2n) is 9.15. The number of carbonyl (C=O) groups is 1. The molecule has 0 bridgehead atoms. The Morgan fingerprint density at radius 3 is 2.83 bits per heavy atom. The lowest BCUT2D eigenvalue weighted by Crippen LogP contribution is -2.33. The fourth-order valence-electron chi connectivity index (χ4n) is 4.99. The zero-order chi connectivity index (χ0) is 24.2. The largest absolute Gasteiger partial charge is 0.376 e. The van der Waals surface area contributed by atoms with Crippen LogP contribution >= 0.6 is 12.2 Å². The van der Waals surface area contributed by atoms with Gasteiger partial charge in [-0.25, -0.2) is 0 Å². The molecule has 4 heterocycles. The molecule has 35 heavy (non-hydrogen) atoms. The number of nitrogens with one attached hydrogen (secondary N) is 2. The van der Waals surface area contributed by atoms with Gasteiger partial charge in [0.2, 0.25) is 5.91 Å². The van der Waals surface area contributed by atoms with Gasteiger partial charge in [-0.05, 0) is 67.9 Å². The summed E-state index contributed by atoms with van der Waals surface area (Å²) in [7, 11) is 0. The molecule has 182 valence electrons. The maximum atomic E-state index is 12.8. The van der Waals surface area contributed by atoms with Crippen LogP contribution in [0.5, 0.6) is 0 Å². The molecule has 7 nitrogen and oxygen atoms in total. The van der Waals surface area contributed by atoms with E-state index < -0.39 is 0 Å². The number of hydrogen-bond acceptors (Lipinski definition) is 4. The predicted octanol–water partition coefficient (Wildman–Crippen LogP) is 4.37. The number of ether oxygens (including phenoxy) is 1. The highest BCUT2D eigenvalue weighted by molar-refractivity contribution is 7.80. The van der Waals surface area contributed by atoms with Crippen LogP contribution in [-0.4, -0.2) is 44.7 Å². The second kappa shape index (κ2) is 10.6. The van der Waals surface area contributed by atoms with Gasteiger partial charge in [0, 0.05) is 49.9 Å². The first-order chi connectivity index (χ1) is 17.1. The molecule has 2 fully saturated rings. The summed E-state index contributed by atoms with van der Waals surface area (Å²) in [4.78, 5) is 19.6. The van der Waals surface area contributed by atoms with E-state index in [2.05, 4.69) is 43.4 Å². The number of pyridine rings is 1. The number of nitrogens with zero attached hydrogens (tertiary/aromatic N) is 3. The maximum absolute atomic E-state index is 12.8. The summed E-state index contributed by atoms with van der Waals surface area (Å²) >= 11 is 5.78. The molecule has 5 rings (SSSR count). The summed E-state index contributed by atoms with van der Waals surface area (Å²) in [6.07, 6.45) is 6.65. The van der Waals surface area contributed by atoms with E-state index in [0.717, 1.165) is 48.6 Å². The van der Waals surface area contributed by atoms with E-state index in [1.54, 1.807) is 6.20 Å². The lowest BCUT2D eigenvalue weighted by Gasteiger charge is -2.29. The molecule has 0 aliphatic carbocycles. The van der Waals surface area contributed by atoms with Gasteiger partial charge in [0.25, 0.3) is 0 Å². The van der Waals surface area contributed by atoms with Crippen molar-refractivity contribution in [3.05, 3.63) is 83.9 Å². The molecule has 2 aliphatic heterocycles. The SMILES string of the molecule is Cc1ccccc1NC(=O)CCN1C(=S)NC(c2ccccn2)C1c1cccn1CC1CCCO1. The number of rotatable bonds is 8. The number of benzene rings is 1. The third-order valence-electron chi connectivity index (χ3n) is 6.79. The molecular formula is C27H31N5O2S. The molecule has 0 spiro atoms. The number of aryl methyl sites for hydroxylation is 1. The van der Waals surface area contributed by atoms with Crippen molar-refractivity contribution >= 4 is 28.9 Å². The summed E-state index contributed by atoms with van der Waals surface area (Å²) in [6, 6.07) is 17.8. The predicted molar refractivity (Wildman–Crippen MR) is 140 cm³/mol. The lowest BCUT2D eigenvalue weighted by atomic mass is 10.0. The Hall–Kier alpha value is -3.23. The molecule has 0 radical (unpaired) electrons. The normalized spacial score (nSPS) is 21.8. The Morgan fingerprint density at radius 1 is 1.20 bits per heavy atom. The molecule has 1 amide bonds. The van der Waals surface area contributed by atoms with Gasteiger partial charge in [-0.15, -0.1) is 0 Å². The van der Waals surface area contributed by atoms with Gasteiger partial charge in [0.05, 0.1) is 23.9 Å². The van der Waals surface area contributed by atoms with Crippen LogP contribution in [0.4, 0.5) is 5.69 Å². The van der Waals surface area contributed by atoms with E-state index in [-0.39, 0.29) is 24.1 Å². The van der Waals surface area contributed by atoms with Gasteiger partial charge in [-0.2, -0.15) is 0 Å². The zero-order valence-corrected chi connectivity index (χ0v) is 20.7. The number of carbonyl (C=O) groups excluding carboxylic acids is 1. The number of amides is 1. The van der Waals surface area contributed by atoms with Crippen molar-refractivity contribution in [2.45, 2.75) is 50.9 Å². The van der Waals surface area contributed by atoms with E-state index >= 15 is 0 Å². The van der Waals surface area contributed by atoms with Gasteiger partial charge in [-0.1, -0.05) is 24.3 Å². The van der Waals surface area contributed by atoms with Gasteiger partial charge in [0.15, 0.2) is 5.11 Å². The third-order valence-corrected chi connectivity index (χ3v) is 7.14. The van der Waals surface area contributed by atoms with Gasteiger partial charge in [0.1, 0.15) is 0 Å². The summed E-state index contributed by atoms with van der Waals surface area (Å²) in [5, 5.41) is 7.16. The quantitative estimate of drug-likeness (QED) is 0.458. The first kappa shape index (κ1) is 23.5. The van der Waals surface area contributed by atoms with Crippen LogP contribution in [0.25, 0.3) is 0 Å². The Morgan fingerprint density at radius 2 is 2.06 bits per heavy atom. The zero-order valence-electron chi connectivity index (χ0n) is 19.9. The Kier molecular flexibility index (Phi) is 7.11. The van der Waals surface area contributed by atoms with Gasteiger partial charge < -0.3 is 24.8 Å². The number of hydrogen-bond donors (Lipinski definition) is 2. The number of thiocarbonyl (C=S) groups is 1. The van der Waals surface area contributed by atoms with Crippen molar-refractivity contribution < 1.29 is 9.53 Å². The number of para-hydroxylation sites is 1. The van der Waals surface area contributed by atoms with Gasteiger partial charge >= 0.3 is 0 Å². The molecule has 3 atom stereocenters. The molecule has 0 saturated carbocycles. The molecule has 2 N–H and O–H groups in total. The van der Waals surface area contributed by atoms with Crippen LogP contribution in [-0.2, 0) is 16.1 Å². The Bertz CT molecular complexity index is 1180. The number of aromatic nitrogens is 2. The van der Waals surface area contributed by atoms with Crippen LogP contribution in [0.15, 0.2) is 67.0 Å². The minimum Gasteiger partial charge on any atom is -0.376 e. The van der Waals surface area contributed by atoms with Crippen LogP contribution < -0.4 is 10.6 Å². The summed E-state index contributed by atoms with van der Waals surface area (Å²) < 4.78 is 8.18. The van der Waals surface area contributed by atoms with Crippen LogP contribution in [0.3, 0.4) is 0 Å². The smallest absolute Gasteiger partial charge is 0.226 e. The van der Waals surface area contributed by atoms with Crippen molar-refractivity contribution in [3.8, 4) is 0 Å². The van der Waals surface area contributed by atoms with Crippen molar-refractivity contribution in [3.63, 3.8) is 0 Å². The number of anilines is 1. The van der Waals surface area contributed by atoms with E-state index in [4.69, 9.17) is 17.0 Å². The fraction of sp³-hybridized carbons (Fsp3) is 0.370. The van der Waals surface area contributed by atoms with Gasteiger partial charge in [-0.3, -0.25) is 9.78 Å². The topological polar surface area (TPSA) is 71.4 Å². The summed E-state index contributed by atoms with van der Waals surface area (Å²) in [5.74, 6) is -0.0307. The van der Waals surface area contributed by atoms with Crippen molar-refractivity contribution in [1.82, 2.24) is 19.8 Å². The molecule has 3 aromatic rings. The first-order valence-corrected chi connectivity index (χ1v) is 12.6. The van der Waals surface area contributed by atoms with E-state index in [9.17, 15) is 4.79 Å². The van der Waals surface area contributed by atoms with Crippen LogP contribution in [0, 0.1) is 6.92 Å². The van der Waals surface area contributed by atoms with Crippen LogP contribution in [0.1, 0.15) is 48.3 Å². The average molecular weight is 490 g/mol. The van der Waals surface area contributed by atoms with E-state index in [0.29, 0.717) is 18.1 Å². The first-order valence-electron chi connectivity index (χ1n) is 12.2. The Labute approximate surface area is 211 Å². The van der Waals surface area contributed by atoms with E-state index in [1.165, 1.54) is 0 Å². The molecule has 1 aromatic carbocycles. The standard InChI is InChI=1S/C27H31N5O2S/c1-19-8-2-3-10-21(19)29-24(33)13-16-32-26(25(30-27(32)35)22-11-4-5-14-28-22)23-12-6-15-31(23)18-20-9-7-17-34-20/h2-6,8,10-12,14-15,20,25-26H,7,9,13,16-18H2,1H3,(H,29,33)(H,30,35). The van der Waals surface area contributed by atoms with Crippen molar-refractivity contribution in [1.29, 1.82) is 0 Å². The molecule has 2 aliphatic rings.